The second-order valence-corrected chi connectivity index (χ2v) is 1.09. The Hall–Kier alpha value is -0.920. The second kappa shape index (κ2) is 1.69. The van der Waals surface area contributed by atoms with Crippen LogP contribution in [0.5, 0.6) is 0 Å². The first kappa shape index (κ1) is 3.13. The summed E-state index contributed by atoms with van der Waals surface area (Å²) in [7, 11) is 0. The summed E-state index contributed by atoms with van der Waals surface area (Å²) in [4.78, 5) is 3.17. The Morgan fingerprint density at radius 2 is 2.57 bits per heavy atom. The van der Waals surface area contributed by atoms with Crippen LogP contribution in [-0.2, 0) is 0 Å². The third-order valence-corrected chi connectivity index (χ3v) is 0.576. The van der Waals surface area contributed by atoms with Crippen LogP contribution in [0.1, 0.15) is 1.37 Å². The summed E-state index contributed by atoms with van der Waals surface area (Å²) in [5, 5.41) is 0. The molecular formula is C5H4FN. The van der Waals surface area contributed by atoms with Crippen molar-refractivity contribution in [3.63, 3.8) is 0 Å². The van der Waals surface area contributed by atoms with Crippen LogP contribution in [0.4, 0.5) is 4.39 Å². The normalized spacial score (nSPS) is 10.7. The highest BCUT2D eigenvalue weighted by Crippen LogP contribution is 1.85. The Balaban J connectivity index is 3.08. The van der Waals surface area contributed by atoms with Crippen molar-refractivity contribution in [3.8, 4) is 0 Å². The largest absolute Gasteiger partial charge is 0.228 e. The number of pyridine rings is 1. The van der Waals surface area contributed by atoms with Gasteiger partial charge >= 0.3 is 0 Å². The number of hydrogen-bond acceptors (Lipinski definition) is 1. The summed E-state index contributed by atoms with van der Waals surface area (Å²) in [5.41, 5.74) is 0. The van der Waals surface area contributed by atoms with Crippen molar-refractivity contribution in [1.82, 2.24) is 4.98 Å². The van der Waals surface area contributed by atoms with E-state index in [-0.39, 0.29) is 6.17 Å². The van der Waals surface area contributed by atoms with Gasteiger partial charge in [-0.25, -0.2) is 4.98 Å². The maximum atomic E-state index is 11.9. The minimum atomic E-state index is -0.600. The second-order valence-electron chi connectivity index (χ2n) is 1.09. The van der Waals surface area contributed by atoms with Gasteiger partial charge in [0, 0.05) is 6.17 Å². The van der Waals surface area contributed by atoms with Gasteiger partial charge in [0.05, 0.1) is 1.37 Å². The van der Waals surface area contributed by atoms with Crippen molar-refractivity contribution in [2.45, 2.75) is 0 Å². The molecule has 1 nitrogen and oxygen atoms in total. The van der Waals surface area contributed by atoms with Gasteiger partial charge in [0.15, 0.2) is 0 Å². The first-order valence-electron chi connectivity index (χ1n) is 2.38. The SMILES string of the molecule is [2H]c1cccc(F)n1. The number of rotatable bonds is 0. The van der Waals surface area contributed by atoms with Crippen LogP contribution in [0.25, 0.3) is 0 Å². The zero-order chi connectivity index (χ0) is 5.98. The van der Waals surface area contributed by atoms with Crippen LogP contribution in [-0.4, -0.2) is 4.98 Å². The number of aromatic nitrogens is 1. The van der Waals surface area contributed by atoms with Crippen LogP contribution in [0.2, 0.25) is 0 Å². The third kappa shape index (κ3) is 0.961. The van der Waals surface area contributed by atoms with Gasteiger partial charge in [0.2, 0.25) is 5.95 Å². The molecule has 0 spiro atoms. The van der Waals surface area contributed by atoms with Crippen molar-refractivity contribution in [2.24, 2.45) is 0 Å². The molecule has 0 unspecified atom stereocenters. The van der Waals surface area contributed by atoms with E-state index < -0.39 is 5.95 Å². The molecule has 36 valence electrons. The molecule has 0 aliphatic heterocycles. The number of hydrogen-bond donors (Lipinski definition) is 0. The fraction of sp³-hybridized carbons (Fsp3) is 0. The van der Waals surface area contributed by atoms with Crippen molar-refractivity contribution in [3.05, 3.63) is 30.3 Å². The molecule has 0 amide bonds. The molecular weight excluding hydrogens is 93.1 g/mol. The van der Waals surface area contributed by atoms with E-state index in [2.05, 4.69) is 4.98 Å². The predicted octanol–water partition coefficient (Wildman–Crippen LogP) is 1.22. The first-order chi connectivity index (χ1) is 3.79. The summed E-state index contributed by atoms with van der Waals surface area (Å²) in [5.74, 6) is -0.600. The summed E-state index contributed by atoms with van der Waals surface area (Å²) < 4.78 is 18.7. The number of halogens is 1. The number of nitrogens with zero attached hydrogens (tertiary/aromatic N) is 1. The molecule has 1 heterocycles. The van der Waals surface area contributed by atoms with Crippen LogP contribution < -0.4 is 0 Å². The highest BCUT2D eigenvalue weighted by molar-refractivity contribution is 4.90. The van der Waals surface area contributed by atoms with Crippen LogP contribution in [0, 0.1) is 5.95 Å². The summed E-state index contributed by atoms with van der Waals surface area (Å²) in [6, 6.07) is 4.08. The zero-order valence-electron chi connectivity index (χ0n) is 4.56. The molecule has 1 aromatic rings. The van der Waals surface area contributed by atoms with Gasteiger partial charge in [-0.1, -0.05) is 6.07 Å². The zero-order valence-corrected chi connectivity index (χ0v) is 3.56. The lowest BCUT2D eigenvalue weighted by Crippen LogP contribution is -1.73. The maximum absolute atomic E-state index is 11.9. The molecule has 0 bridgehead atoms. The minimum Gasteiger partial charge on any atom is -0.228 e. The molecule has 0 saturated heterocycles. The van der Waals surface area contributed by atoms with Crippen LogP contribution in [0.15, 0.2) is 24.4 Å². The third-order valence-electron chi connectivity index (χ3n) is 0.576. The first-order valence-corrected chi connectivity index (χ1v) is 1.88. The Morgan fingerprint density at radius 1 is 1.71 bits per heavy atom. The molecule has 0 fully saturated rings. The predicted molar refractivity (Wildman–Crippen MR) is 24.2 cm³/mol. The lowest BCUT2D eigenvalue weighted by Gasteiger charge is -1.78. The molecule has 1 rings (SSSR count). The standard InChI is InChI=1S/C5H4FN/c6-5-3-1-2-4-7-5/h1-4H/i4D. The van der Waals surface area contributed by atoms with Gasteiger partial charge < -0.3 is 0 Å². The van der Waals surface area contributed by atoms with Crippen LogP contribution >= 0.6 is 0 Å². The van der Waals surface area contributed by atoms with Crippen LogP contribution in [0.3, 0.4) is 0 Å². The fourth-order valence-electron chi connectivity index (χ4n) is 0.307. The minimum absolute atomic E-state index is 0.0370. The van der Waals surface area contributed by atoms with Crippen molar-refractivity contribution < 1.29 is 5.76 Å². The van der Waals surface area contributed by atoms with Crippen molar-refractivity contribution >= 4 is 0 Å². The van der Waals surface area contributed by atoms with Gasteiger partial charge in [-0.15, -0.1) is 0 Å². The molecule has 0 radical (unpaired) electrons. The molecule has 0 saturated carbocycles. The average molecular weight is 98.1 g/mol. The monoisotopic (exact) mass is 98.0 g/mol. The molecule has 0 aliphatic rings. The van der Waals surface area contributed by atoms with Gasteiger partial charge in [0.1, 0.15) is 0 Å². The van der Waals surface area contributed by atoms with E-state index in [1.54, 1.807) is 0 Å². The Bertz CT molecular complexity index is 172. The Kier molecular flexibility index (Phi) is 0.754. The molecule has 1 aromatic heterocycles. The molecule has 7 heavy (non-hydrogen) atoms. The molecule has 0 aliphatic carbocycles. The van der Waals surface area contributed by atoms with E-state index >= 15 is 0 Å². The van der Waals surface area contributed by atoms with Gasteiger partial charge in [0.25, 0.3) is 0 Å². The Morgan fingerprint density at radius 3 is 3.00 bits per heavy atom. The van der Waals surface area contributed by atoms with Gasteiger partial charge in [-0.3, -0.25) is 0 Å². The molecule has 0 atom stereocenters. The fourth-order valence-corrected chi connectivity index (χ4v) is 0.307. The molecule has 2 heteroatoms. The lowest BCUT2D eigenvalue weighted by atomic mass is 10.5. The van der Waals surface area contributed by atoms with Crippen molar-refractivity contribution in [1.29, 1.82) is 0 Å². The Labute approximate surface area is 42.2 Å². The molecule has 0 aromatic carbocycles. The van der Waals surface area contributed by atoms with E-state index in [0.29, 0.717) is 0 Å². The van der Waals surface area contributed by atoms with Gasteiger partial charge in [-0.2, -0.15) is 4.39 Å². The topological polar surface area (TPSA) is 12.9 Å². The maximum Gasteiger partial charge on any atom is 0.212 e. The van der Waals surface area contributed by atoms with Crippen molar-refractivity contribution in [2.75, 3.05) is 0 Å². The quantitative estimate of drug-likeness (QED) is 0.444. The van der Waals surface area contributed by atoms with E-state index in [0.717, 1.165) is 0 Å². The average Bonchev–Trinajstić information content (AvgIpc) is 1.64. The smallest absolute Gasteiger partial charge is 0.212 e. The highest BCUT2D eigenvalue weighted by Gasteiger charge is 1.78. The van der Waals surface area contributed by atoms with E-state index in [1.807, 2.05) is 0 Å². The van der Waals surface area contributed by atoms with E-state index in [4.69, 9.17) is 1.37 Å². The summed E-state index contributed by atoms with van der Waals surface area (Å²) >= 11 is 0. The highest BCUT2D eigenvalue weighted by atomic mass is 19.1. The van der Waals surface area contributed by atoms with E-state index in [1.165, 1.54) is 18.2 Å². The summed E-state index contributed by atoms with van der Waals surface area (Å²) in [6.45, 7) is 0. The lowest BCUT2D eigenvalue weighted by molar-refractivity contribution is 0.584. The van der Waals surface area contributed by atoms with E-state index in [9.17, 15) is 4.39 Å². The molecule has 0 N–H and O–H groups in total. The summed E-state index contributed by atoms with van der Waals surface area (Å²) in [6.07, 6.45) is -0.0370. The van der Waals surface area contributed by atoms with Gasteiger partial charge in [-0.05, 0) is 12.1 Å².